The molecule has 1 aromatic rings. The van der Waals surface area contributed by atoms with Crippen molar-refractivity contribution in [3.05, 3.63) is 18.3 Å². The van der Waals surface area contributed by atoms with E-state index < -0.39 is 0 Å². The summed E-state index contributed by atoms with van der Waals surface area (Å²) in [6.07, 6.45) is 2.01. The van der Waals surface area contributed by atoms with E-state index in [1.165, 1.54) is 11.0 Å². The largest absolute Gasteiger partial charge is 0.504 e. The Bertz CT molecular complexity index is 370. The molecule has 0 spiro atoms. The smallest absolute Gasteiger partial charge is 0.229 e. The number of nitrogens with zero attached hydrogens (tertiary/aromatic N) is 2. The minimum atomic E-state index is -0.0131. The molecule has 0 aliphatic carbocycles. The van der Waals surface area contributed by atoms with Crippen LogP contribution in [0.5, 0.6) is 5.75 Å². The maximum Gasteiger partial charge on any atom is 0.229 e. The van der Waals surface area contributed by atoms with Gasteiger partial charge in [0.25, 0.3) is 0 Å². The molecule has 0 saturated carbocycles. The number of halogens is 1. The first kappa shape index (κ1) is 9.45. The monoisotopic (exact) mass is 256 g/mol. The fourth-order valence-electron chi connectivity index (χ4n) is 1.47. The molecule has 1 amide bonds. The second-order valence-electron chi connectivity index (χ2n) is 3.15. The lowest BCUT2D eigenvalue weighted by Crippen LogP contribution is -2.25. The fraction of sp³-hybridized carbons (Fsp3) is 0.333. The number of amides is 1. The number of pyridine rings is 1. The van der Waals surface area contributed by atoms with Crippen LogP contribution in [0.4, 0.5) is 5.82 Å². The zero-order valence-corrected chi connectivity index (χ0v) is 8.94. The van der Waals surface area contributed by atoms with Gasteiger partial charge in [-0.1, -0.05) is 15.9 Å². The maximum absolute atomic E-state index is 11.5. The van der Waals surface area contributed by atoms with Crippen LogP contribution in [-0.2, 0) is 4.79 Å². The van der Waals surface area contributed by atoms with Crippen molar-refractivity contribution in [2.75, 3.05) is 11.4 Å². The highest BCUT2D eigenvalue weighted by Crippen LogP contribution is 2.29. The van der Waals surface area contributed by atoms with E-state index in [0.29, 0.717) is 18.8 Å². The summed E-state index contributed by atoms with van der Waals surface area (Å²) in [6, 6.07) is 3.15. The summed E-state index contributed by atoms with van der Waals surface area (Å²) in [5.41, 5.74) is 0. The Kier molecular flexibility index (Phi) is 2.41. The normalized spacial score (nSPS) is 21.6. The van der Waals surface area contributed by atoms with Crippen LogP contribution in [0.1, 0.15) is 6.42 Å². The molecular weight excluding hydrogens is 248 g/mol. The van der Waals surface area contributed by atoms with Gasteiger partial charge in [0, 0.05) is 24.0 Å². The summed E-state index contributed by atoms with van der Waals surface area (Å²) >= 11 is 3.37. The Hall–Kier alpha value is -1.10. The van der Waals surface area contributed by atoms with Gasteiger partial charge in [-0.05, 0) is 12.1 Å². The topological polar surface area (TPSA) is 53.4 Å². The zero-order valence-electron chi connectivity index (χ0n) is 7.35. The number of aromatic nitrogens is 1. The van der Waals surface area contributed by atoms with Crippen LogP contribution in [0, 0.1) is 0 Å². The van der Waals surface area contributed by atoms with Crippen LogP contribution in [-0.4, -0.2) is 27.4 Å². The lowest BCUT2D eigenvalue weighted by Gasteiger charge is -2.15. The first-order chi connectivity index (χ1) is 6.68. The average Bonchev–Trinajstić information content (AvgIpc) is 2.46. The highest BCUT2D eigenvalue weighted by Gasteiger charge is 2.30. The second kappa shape index (κ2) is 3.57. The minimum absolute atomic E-state index is 0.0131. The summed E-state index contributed by atoms with van der Waals surface area (Å²) in [6.45, 7) is 0.559. The molecule has 2 heterocycles. The van der Waals surface area contributed by atoms with Gasteiger partial charge in [0.2, 0.25) is 5.91 Å². The highest BCUT2D eigenvalue weighted by molar-refractivity contribution is 9.09. The zero-order chi connectivity index (χ0) is 10.1. The third kappa shape index (κ3) is 1.59. The van der Waals surface area contributed by atoms with Gasteiger partial charge in [-0.3, -0.25) is 9.69 Å². The van der Waals surface area contributed by atoms with Crippen LogP contribution in [0.2, 0.25) is 0 Å². The third-order valence-electron chi connectivity index (χ3n) is 2.10. The summed E-state index contributed by atoms with van der Waals surface area (Å²) in [7, 11) is 0. The third-order valence-corrected chi connectivity index (χ3v) is 2.71. The van der Waals surface area contributed by atoms with Gasteiger partial charge >= 0.3 is 0 Å². The second-order valence-corrected chi connectivity index (χ2v) is 4.45. The Balaban J connectivity index is 2.32. The quantitative estimate of drug-likeness (QED) is 0.771. The van der Waals surface area contributed by atoms with Gasteiger partial charge in [0.05, 0.1) is 0 Å². The molecule has 0 bridgehead atoms. The van der Waals surface area contributed by atoms with E-state index >= 15 is 0 Å². The molecule has 1 aliphatic rings. The first-order valence-corrected chi connectivity index (χ1v) is 5.18. The number of carbonyl (C=O) groups is 1. The van der Waals surface area contributed by atoms with E-state index in [1.807, 2.05) is 0 Å². The molecule has 14 heavy (non-hydrogen) atoms. The number of anilines is 1. The van der Waals surface area contributed by atoms with E-state index in [2.05, 4.69) is 20.9 Å². The van der Waals surface area contributed by atoms with Crippen LogP contribution in [0.25, 0.3) is 0 Å². The molecule has 74 valence electrons. The highest BCUT2D eigenvalue weighted by atomic mass is 79.9. The van der Waals surface area contributed by atoms with Crippen molar-refractivity contribution in [2.45, 2.75) is 11.2 Å². The average molecular weight is 257 g/mol. The molecule has 1 aromatic heterocycles. The van der Waals surface area contributed by atoms with Crippen LogP contribution in [0.15, 0.2) is 18.3 Å². The molecule has 1 atom stereocenters. The van der Waals surface area contributed by atoms with Gasteiger partial charge in [-0.15, -0.1) is 0 Å². The van der Waals surface area contributed by atoms with Crippen molar-refractivity contribution in [3.8, 4) is 5.75 Å². The van der Waals surface area contributed by atoms with Crippen LogP contribution >= 0.6 is 15.9 Å². The molecule has 2 rings (SSSR count). The molecule has 5 heteroatoms. The number of carbonyl (C=O) groups excluding carboxylic acids is 1. The van der Waals surface area contributed by atoms with Crippen LogP contribution in [0.3, 0.4) is 0 Å². The Morgan fingerprint density at radius 3 is 3.00 bits per heavy atom. The molecule has 0 radical (unpaired) electrons. The van der Waals surface area contributed by atoms with Crippen molar-refractivity contribution >= 4 is 27.7 Å². The Morgan fingerprint density at radius 1 is 1.64 bits per heavy atom. The molecular formula is C9H9BrN2O2. The molecule has 1 fully saturated rings. The predicted octanol–water partition coefficient (Wildman–Crippen LogP) is 1.29. The van der Waals surface area contributed by atoms with E-state index in [0.717, 1.165) is 0 Å². The van der Waals surface area contributed by atoms with Crippen molar-refractivity contribution in [1.29, 1.82) is 0 Å². The fourth-order valence-corrected chi connectivity index (χ4v) is 2.03. The van der Waals surface area contributed by atoms with E-state index in [-0.39, 0.29) is 16.5 Å². The summed E-state index contributed by atoms with van der Waals surface area (Å²) in [5.74, 6) is 0.378. The van der Waals surface area contributed by atoms with Gasteiger partial charge in [0.1, 0.15) is 0 Å². The van der Waals surface area contributed by atoms with E-state index in [9.17, 15) is 9.90 Å². The summed E-state index contributed by atoms with van der Waals surface area (Å²) < 4.78 is 0. The number of aromatic hydroxyl groups is 1. The van der Waals surface area contributed by atoms with Gasteiger partial charge in [-0.25, -0.2) is 4.98 Å². The maximum atomic E-state index is 11.5. The molecule has 1 unspecified atom stereocenters. The van der Waals surface area contributed by atoms with Crippen molar-refractivity contribution in [2.24, 2.45) is 0 Å². The Labute approximate surface area is 89.7 Å². The SMILES string of the molecule is O=C1CC(Br)CN1c1ncccc1O. The lowest BCUT2D eigenvalue weighted by molar-refractivity contribution is -0.117. The van der Waals surface area contributed by atoms with Gasteiger partial charge in [0.15, 0.2) is 11.6 Å². The number of rotatable bonds is 1. The lowest BCUT2D eigenvalue weighted by atomic mass is 10.4. The van der Waals surface area contributed by atoms with Crippen molar-refractivity contribution < 1.29 is 9.90 Å². The standard InChI is InChI=1S/C9H9BrN2O2/c10-6-4-8(14)12(5-6)9-7(13)2-1-3-11-9/h1-3,6,13H,4-5H2. The molecule has 1 saturated heterocycles. The molecule has 0 aromatic carbocycles. The minimum Gasteiger partial charge on any atom is -0.504 e. The van der Waals surface area contributed by atoms with Crippen LogP contribution < -0.4 is 4.90 Å². The van der Waals surface area contributed by atoms with E-state index in [1.54, 1.807) is 12.3 Å². The molecule has 1 N–H and O–H groups in total. The first-order valence-electron chi connectivity index (χ1n) is 4.27. The number of hydrogen-bond donors (Lipinski definition) is 1. The Morgan fingerprint density at radius 2 is 2.43 bits per heavy atom. The molecule has 1 aliphatic heterocycles. The molecule has 4 nitrogen and oxygen atoms in total. The van der Waals surface area contributed by atoms with Crippen molar-refractivity contribution in [1.82, 2.24) is 4.98 Å². The number of alkyl halides is 1. The van der Waals surface area contributed by atoms with Gasteiger partial charge < -0.3 is 5.11 Å². The summed E-state index contributed by atoms with van der Waals surface area (Å²) in [4.78, 5) is 17.1. The van der Waals surface area contributed by atoms with Crippen molar-refractivity contribution in [3.63, 3.8) is 0 Å². The van der Waals surface area contributed by atoms with Gasteiger partial charge in [-0.2, -0.15) is 0 Å². The predicted molar refractivity (Wildman–Crippen MR) is 55.6 cm³/mol. The van der Waals surface area contributed by atoms with E-state index in [4.69, 9.17) is 0 Å². The number of hydrogen-bond acceptors (Lipinski definition) is 3. The summed E-state index contributed by atoms with van der Waals surface area (Å²) in [5, 5.41) is 9.50.